The van der Waals surface area contributed by atoms with Crippen LogP contribution in [0.25, 0.3) is 79.8 Å². The molecule has 0 amide bonds. The largest absolute Gasteiger partial charge is 0.355 e. The first-order chi connectivity index (χ1) is 22.0. The number of aromatic amines is 2. The Morgan fingerprint density at radius 1 is 0.378 bits per heavy atom. The summed E-state index contributed by atoms with van der Waals surface area (Å²) >= 11 is 0. The number of aryl methyl sites for hydroxylation is 3. The average molecular weight is 581 g/mol. The molecule has 0 fully saturated rings. The van der Waals surface area contributed by atoms with Crippen LogP contribution in [0.2, 0.25) is 0 Å². The van der Waals surface area contributed by atoms with Crippen LogP contribution < -0.4 is 0 Å². The molecule has 6 aromatic rings. The van der Waals surface area contributed by atoms with Gasteiger partial charge in [0.25, 0.3) is 0 Å². The third-order valence-electron chi connectivity index (χ3n) is 8.59. The Hall–Kier alpha value is -5.74. The van der Waals surface area contributed by atoms with Crippen LogP contribution >= 0.6 is 0 Å². The fourth-order valence-electron chi connectivity index (χ4n) is 6.20. The molecular weight excluding hydrogens is 548 g/mol. The third-order valence-corrected chi connectivity index (χ3v) is 8.59. The molecule has 8 bridgehead atoms. The van der Waals surface area contributed by atoms with Crippen LogP contribution in [0.3, 0.4) is 0 Å². The van der Waals surface area contributed by atoms with Crippen molar-refractivity contribution in [2.75, 3.05) is 0 Å². The van der Waals surface area contributed by atoms with Gasteiger partial charge in [-0.05, 0) is 92.1 Å². The normalized spacial score (nSPS) is 12.2. The number of fused-ring (bicyclic) bond motifs is 8. The summed E-state index contributed by atoms with van der Waals surface area (Å²) in [5.74, 6) is 0. The summed E-state index contributed by atoms with van der Waals surface area (Å²) in [7, 11) is 0. The summed E-state index contributed by atoms with van der Waals surface area (Å²) in [5.41, 5.74) is 17.8. The van der Waals surface area contributed by atoms with Crippen LogP contribution in [0.15, 0.2) is 103 Å². The number of hydrogen-bond acceptors (Lipinski definition) is 2. The zero-order chi connectivity index (χ0) is 30.5. The second-order valence-electron chi connectivity index (χ2n) is 12.0. The summed E-state index contributed by atoms with van der Waals surface area (Å²) in [4.78, 5) is 18.0. The van der Waals surface area contributed by atoms with Crippen LogP contribution in [0.1, 0.15) is 39.5 Å². The first-order valence-corrected chi connectivity index (χ1v) is 15.3. The van der Waals surface area contributed by atoms with Crippen molar-refractivity contribution in [3.8, 4) is 33.4 Å². The van der Waals surface area contributed by atoms with Crippen molar-refractivity contribution in [3.63, 3.8) is 0 Å². The molecule has 8 rings (SSSR count). The molecule has 3 aromatic heterocycles. The highest BCUT2D eigenvalue weighted by atomic mass is 14.8. The maximum Gasteiger partial charge on any atom is 0.0738 e. The van der Waals surface area contributed by atoms with Gasteiger partial charge in [-0.3, -0.25) is 0 Å². The maximum absolute atomic E-state index is 5.31. The lowest BCUT2D eigenvalue weighted by Gasteiger charge is -2.07. The van der Waals surface area contributed by atoms with E-state index < -0.39 is 0 Å². The Bertz CT molecular complexity index is 2170. The Morgan fingerprint density at radius 3 is 1.09 bits per heavy atom. The van der Waals surface area contributed by atoms with Crippen molar-refractivity contribution in [2.45, 2.75) is 20.8 Å². The van der Waals surface area contributed by atoms with E-state index in [9.17, 15) is 0 Å². The first kappa shape index (κ1) is 26.9. The van der Waals surface area contributed by atoms with E-state index in [0.29, 0.717) is 0 Å². The van der Waals surface area contributed by atoms with Gasteiger partial charge in [0.2, 0.25) is 0 Å². The van der Waals surface area contributed by atoms with Gasteiger partial charge in [-0.1, -0.05) is 89.5 Å². The van der Waals surface area contributed by atoms with Crippen LogP contribution in [0.4, 0.5) is 0 Å². The number of H-pyrrole nitrogens is 2. The Labute approximate surface area is 262 Å². The zero-order valence-electron chi connectivity index (χ0n) is 25.5. The molecule has 0 aliphatic carbocycles. The van der Waals surface area contributed by atoms with E-state index in [2.05, 4.69) is 158 Å². The molecule has 2 aliphatic heterocycles. The molecule has 0 radical (unpaired) electrons. The van der Waals surface area contributed by atoms with Crippen LogP contribution in [-0.4, -0.2) is 19.9 Å². The second kappa shape index (κ2) is 10.8. The number of nitrogens with one attached hydrogen (secondary N) is 2. The van der Waals surface area contributed by atoms with Crippen LogP contribution in [0, 0.1) is 20.8 Å². The fourth-order valence-corrected chi connectivity index (χ4v) is 6.20. The number of aromatic nitrogens is 4. The van der Waals surface area contributed by atoms with Crippen LogP contribution in [-0.2, 0) is 0 Å². The number of hydrogen-bond donors (Lipinski definition) is 2. The molecule has 216 valence electrons. The van der Waals surface area contributed by atoms with Crippen molar-refractivity contribution in [1.29, 1.82) is 0 Å². The maximum atomic E-state index is 5.31. The van der Waals surface area contributed by atoms with Crippen molar-refractivity contribution in [3.05, 3.63) is 143 Å². The van der Waals surface area contributed by atoms with Crippen molar-refractivity contribution >= 4 is 46.4 Å². The standard InChI is InChI=1S/C41H32N4/c1-25-4-10-28(11-5-25)39-33-18-16-31(42-33)24-32-17-19-34(43-32)40(29-12-6-26(2)7-13-29)36-21-23-38(45-36)41(37-22-20-35(39)44-37)30-14-8-27(3)9-15-30/h4-24,42-43H,1-3H3. The van der Waals surface area contributed by atoms with Gasteiger partial charge in [-0.25, -0.2) is 9.97 Å². The highest BCUT2D eigenvalue weighted by Crippen LogP contribution is 2.37. The summed E-state index contributed by atoms with van der Waals surface area (Å²) in [6, 6.07) is 36.7. The molecule has 2 aliphatic rings. The van der Waals surface area contributed by atoms with Gasteiger partial charge in [0.05, 0.1) is 22.8 Å². The highest BCUT2D eigenvalue weighted by molar-refractivity contribution is 5.96. The molecule has 0 saturated carbocycles. The molecule has 45 heavy (non-hydrogen) atoms. The predicted molar refractivity (Wildman–Crippen MR) is 189 cm³/mol. The number of nitrogens with zero attached hydrogens (tertiary/aromatic N) is 2. The van der Waals surface area contributed by atoms with Gasteiger partial charge < -0.3 is 9.97 Å². The van der Waals surface area contributed by atoms with E-state index >= 15 is 0 Å². The van der Waals surface area contributed by atoms with E-state index in [-0.39, 0.29) is 0 Å². The monoisotopic (exact) mass is 580 g/mol. The molecule has 2 N–H and O–H groups in total. The van der Waals surface area contributed by atoms with Gasteiger partial charge in [0.1, 0.15) is 0 Å². The molecule has 3 aromatic carbocycles. The Kier molecular flexibility index (Phi) is 6.42. The average Bonchev–Trinajstić information content (AvgIpc) is 3.87. The molecule has 4 nitrogen and oxygen atoms in total. The Morgan fingerprint density at radius 2 is 0.711 bits per heavy atom. The van der Waals surface area contributed by atoms with Gasteiger partial charge in [0.15, 0.2) is 0 Å². The van der Waals surface area contributed by atoms with E-state index in [1.54, 1.807) is 0 Å². The van der Waals surface area contributed by atoms with E-state index in [1.165, 1.54) is 16.7 Å². The van der Waals surface area contributed by atoms with Crippen molar-refractivity contribution in [2.24, 2.45) is 0 Å². The van der Waals surface area contributed by atoms with Gasteiger partial charge >= 0.3 is 0 Å². The molecule has 0 spiro atoms. The zero-order valence-corrected chi connectivity index (χ0v) is 25.5. The summed E-state index contributed by atoms with van der Waals surface area (Å²) in [5, 5.41) is 0. The quantitative estimate of drug-likeness (QED) is 0.218. The lowest BCUT2D eigenvalue weighted by molar-refractivity contribution is 1.27. The minimum Gasteiger partial charge on any atom is -0.355 e. The second-order valence-corrected chi connectivity index (χ2v) is 12.0. The Balaban J connectivity index is 1.52. The van der Waals surface area contributed by atoms with Gasteiger partial charge in [-0.15, -0.1) is 0 Å². The number of benzene rings is 3. The van der Waals surface area contributed by atoms with Crippen molar-refractivity contribution in [1.82, 2.24) is 19.9 Å². The molecule has 0 unspecified atom stereocenters. The first-order valence-electron chi connectivity index (χ1n) is 15.3. The molecule has 4 heteroatoms. The van der Waals surface area contributed by atoms with Gasteiger partial charge in [0, 0.05) is 38.8 Å². The van der Waals surface area contributed by atoms with Crippen LogP contribution in [0.5, 0.6) is 0 Å². The summed E-state index contributed by atoms with van der Waals surface area (Å²) in [6.07, 6.45) is 8.52. The topological polar surface area (TPSA) is 57.4 Å². The fraction of sp³-hybridized carbons (Fsp3) is 0.0732. The lowest BCUT2D eigenvalue weighted by Crippen LogP contribution is -1.91. The van der Waals surface area contributed by atoms with E-state index in [0.717, 1.165) is 78.2 Å². The molecular formula is C41H32N4. The molecule has 0 atom stereocenters. The predicted octanol–water partition coefficient (Wildman–Crippen LogP) is 10.6. The minimum absolute atomic E-state index is 0.896. The SMILES string of the molecule is Cc1ccc(-c2c3nc(c(-c4ccc(C)cc4)c4ccc(cc5ccc([nH]5)c(-c5ccc(C)cc5)c5nc2C=C5)[nH]4)C=C3)cc1. The van der Waals surface area contributed by atoms with E-state index in [4.69, 9.17) is 9.97 Å². The molecule has 0 saturated heterocycles. The summed E-state index contributed by atoms with van der Waals surface area (Å²) < 4.78 is 0. The van der Waals surface area contributed by atoms with E-state index in [1.807, 2.05) is 0 Å². The van der Waals surface area contributed by atoms with Gasteiger partial charge in [-0.2, -0.15) is 0 Å². The highest BCUT2D eigenvalue weighted by Gasteiger charge is 2.18. The third kappa shape index (κ3) is 5.00. The smallest absolute Gasteiger partial charge is 0.0738 e. The summed E-state index contributed by atoms with van der Waals surface area (Å²) in [6.45, 7) is 6.35. The molecule has 5 heterocycles. The lowest BCUT2D eigenvalue weighted by atomic mass is 10.0. The number of rotatable bonds is 3. The van der Waals surface area contributed by atoms with Crippen molar-refractivity contribution < 1.29 is 0 Å². The minimum atomic E-state index is 0.896.